The molecule has 0 amide bonds. The average Bonchev–Trinajstić information content (AvgIpc) is 2.59. The molecule has 88 valence electrons. The van der Waals surface area contributed by atoms with E-state index in [1.165, 1.54) is 13.1 Å². The van der Waals surface area contributed by atoms with Crippen LogP contribution in [0.2, 0.25) is 0 Å². The molecule has 15 heavy (non-hydrogen) atoms. The highest BCUT2D eigenvalue weighted by Crippen LogP contribution is 2.23. The molecule has 1 fully saturated rings. The second-order valence-corrected chi connectivity index (χ2v) is 4.68. The van der Waals surface area contributed by atoms with Crippen molar-refractivity contribution in [3.05, 3.63) is 0 Å². The average molecular weight is 211 g/mol. The minimum Gasteiger partial charge on any atom is -0.319 e. The molecule has 1 rings (SSSR count). The van der Waals surface area contributed by atoms with Crippen molar-refractivity contribution in [2.24, 2.45) is 16.8 Å². The first kappa shape index (κ1) is 12.7. The molecular weight excluding hydrogens is 186 g/mol. The molecule has 1 saturated heterocycles. The van der Waals surface area contributed by atoms with Crippen molar-refractivity contribution in [2.45, 2.75) is 26.8 Å². The molecule has 0 aromatic carbocycles. The minimum absolute atomic E-state index is 0.639. The van der Waals surface area contributed by atoms with Gasteiger partial charge in [-0.05, 0) is 40.3 Å². The van der Waals surface area contributed by atoms with Crippen molar-refractivity contribution in [2.75, 3.05) is 33.2 Å². The fourth-order valence-electron chi connectivity index (χ4n) is 2.24. The molecule has 3 nitrogen and oxygen atoms in total. The summed E-state index contributed by atoms with van der Waals surface area (Å²) in [4.78, 5) is 6.95. The monoisotopic (exact) mass is 211 g/mol. The Bertz CT molecular complexity index is 201. The molecule has 1 heterocycles. The van der Waals surface area contributed by atoms with Crippen LogP contribution in [0.4, 0.5) is 0 Å². The Morgan fingerprint density at radius 1 is 1.47 bits per heavy atom. The van der Waals surface area contributed by atoms with Crippen LogP contribution < -0.4 is 5.32 Å². The lowest BCUT2D eigenvalue weighted by Crippen LogP contribution is -2.29. The number of hydrogen-bond acceptors (Lipinski definition) is 3. The maximum atomic E-state index is 4.40. The summed E-state index contributed by atoms with van der Waals surface area (Å²) in [7, 11) is 2.03. The maximum Gasteiger partial charge on any atom is 0.0357 e. The molecule has 0 radical (unpaired) electrons. The summed E-state index contributed by atoms with van der Waals surface area (Å²) in [5, 5.41) is 3.29. The molecule has 0 aromatic rings. The lowest BCUT2D eigenvalue weighted by molar-refractivity contribution is 0.263. The van der Waals surface area contributed by atoms with E-state index in [1.807, 2.05) is 7.05 Å². The van der Waals surface area contributed by atoms with Gasteiger partial charge in [-0.3, -0.25) is 9.89 Å². The first-order valence-corrected chi connectivity index (χ1v) is 6.07. The normalized spacial score (nSPS) is 28.3. The van der Waals surface area contributed by atoms with Crippen molar-refractivity contribution in [3.8, 4) is 0 Å². The second-order valence-electron chi connectivity index (χ2n) is 4.68. The summed E-state index contributed by atoms with van der Waals surface area (Å²) in [6.07, 6.45) is 2.17. The number of aliphatic imine (C=N–C) groups is 1. The lowest BCUT2D eigenvalue weighted by atomic mass is 9.97. The van der Waals surface area contributed by atoms with E-state index >= 15 is 0 Å². The number of nitrogens with zero attached hydrogens (tertiary/aromatic N) is 2. The van der Waals surface area contributed by atoms with E-state index in [4.69, 9.17) is 0 Å². The van der Waals surface area contributed by atoms with Crippen LogP contribution in [0.25, 0.3) is 0 Å². The third-order valence-electron chi connectivity index (χ3n) is 3.20. The molecule has 0 spiro atoms. The summed E-state index contributed by atoms with van der Waals surface area (Å²) in [6, 6.07) is 0.657. The number of hydrogen-bond donors (Lipinski definition) is 1. The van der Waals surface area contributed by atoms with E-state index in [0.717, 1.165) is 19.0 Å². The SMILES string of the molecule is CC/N=C/C1CN(C(C)C)CC1CNC. The number of rotatable bonds is 5. The van der Waals surface area contributed by atoms with Crippen LogP contribution in [0.1, 0.15) is 20.8 Å². The summed E-state index contributed by atoms with van der Waals surface area (Å²) in [5.74, 6) is 1.37. The Kier molecular flexibility index (Phi) is 5.26. The van der Waals surface area contributed by atoms with Gasteiger partial charge in [-0.25, -0.2) is 0 Å². The lowest BCUT2D eigenvalue weighted by Gasteiger charge is -2.19. The predicted molar refractivity (Wildman–Crippen MR) is 66.6 cm³/mol. The smallest absolute Gasteiger partial charge is 0.0357 e. The zero-order valence-electron chi connectivity index (χ0n) is 10.5. The van der Waals surface area contributed by atoms with Gasteiger partial charge in [-0.1, -0.05) is 0 Å². The van der Waals surface area contributed by atoms with Crippen LogP contribution >= 0.6 is 0 Å². The van der Waals surface area contributed by atoms with E-state index in [1.54, 1.807) is 0 Å². The Morgan fingerprint density at radius 3 is 2.73 bits per heavy atom. The predicted octanol–water partition coefficient (Wildman–Crippen LogP) is 1.25. The summed E-state index contributed by atoms with van der Waals surface area (Å²) < 4.78 is 0. The summed E-state index contributed by atoms with van der Waals surface area (Å²) >= 11 is 0. The minimum atomic E-state index is 0.639. The topological polar surface area (TPSA) is 27.6 Å². The Hall–Kier alpha value is -0.410. The molecule has 0 aromatic heterocycles. The Balaban J connectivity index is 2.54. The molecule has 0 aliphatic carbocycles. The van der Waals surface area contributed by atoms with Crippen molar-refractivity contribution in [1.82, 2.24) is 10.2 Å². The van der Waals surface area contributed by atoms with E-state index in [9.17, 15) is 0 Å². The van der Waals surface area contributed by atoms with Gasteiger partial charge in [0.05, 0.1) is 0 Å². The van der Waals surface area contributed by atoms with Crippen LogP contribution in [-0.2, 0) is 0 Å². The van der Waals surface area contributed by atoms with E-state index in [2.05, 4.69) is 42.2 Å². The van der Waals surface area contributed by atoms with Crippen molar-refractivity contribution in [3.63, 3.8) is 0 Å². The van der Waals surface area contributed by atoms with Crippen LogP contribution in [-0.4, -0.2) is 50.4 Å². The van der Waals surface area contributed by atoms with E-state index in [0.29, 0.717) is 12.0 Å². The first-order chi connectivity index (χ1) is 7.19. The standard InChI is InChI=1S/C12H25N3/c1-5-14-7-12-9-15(10(2)3)8-11(12)6-13-4/h7,10-13H,5-6,8-9H2,1-4H3/b14-7+. The van der Waals surface area contributed by atoms with Crippen LogP contribution in [0.3, 0.4) is 0 Å². The van der Waals surface area contributed by atoms with Crippen molar-refractivity contribution >= 4 is 6.21 Å². The second kappa shape index (κ2) is 6.23. The van der Waals surface area contributed by atoms with Gasteiger partial charge in [0.25, 0.3) is 0 Å². The third kappa shape index (κ3) is 3.58. The van der Waals surface area contributed by atoms with Gasteiger partial charge in [0, 0.05) is 37.8 Å². The van der Waals surface area contributed by atoms with Gasteiger partial charge in [0.1, 0.15) is 0 Å². The van der Waals surface area contributed by atoms with Crippen molar-refractivity contribution in [1.29, 1.82) is 0 Å². The highest BCUT2D eigenvalue weighted by molar-refractivity contribution is 5.62. The quantitative estimate of drug-likeness (QED) is 0.693. The highest BCUT2D eigenvalue weighted by Gasteiger charge is 2.31. The van der Waals surface area contributed by atoms with E-state index < -0.39 is 0 Å². The molecule has 2 atom stereocenters. The van der Waals surface area contributed by atoms with Gasteiger partial charge in [-0.2, -0.15) is 0 Å². The fourth-order valence-corrected chi connectivity index (χ4v) is 2.24. The zero-order valence-corrected chi connectivity index (χ0v) is 10.5. The third-order valence-corrected chi connectivity index (χ3v) is 3.20. The number of likely N-dealkylation sites (tertiary alicyclic amines) is 1. The molecule has 0 saturated carbocycles. The van der Waals surface area contributed by atoms with Crippen molar-refractivity contribution < 1.29 is 0 Å². The van der Waals surface area contributed by atoms with Crippen LogP contribution in [0.5, 0.6) is 0 Å². The molecule has 1 aliphatic rings. The van der Waals surface area contributed by atoms with Gasteiger partial charge >= 0.3 is 0 Å². The number of nitrogens with one attached hydrogen (secondary N) is 1. The van der Waals surface area contributed by atoms with Gasteiger partial charge in [0.15, 0.2) is 0 Å². The molecule has 2 unspecified atom stereocenters. The molecule has 1 N–H and O–H groups in total. The Labute approximate surface area is 94.0 Å². The molecule has 3 heteroatoms. The summed E-state index contributed by atoms with van der Waals surface area (Å²) in [6.45, 7) is 11.0. The molecule has 0 bridgehead atoms. The van der Waals surface area contributed by atoms with Crippen LogP contribution in [0.15, 0.2) is 4.99 Å². The van der Waals surface area contributed by atoms with E-state index in [-0.39, 0.29) is 0 Å². The van der Waals surface area contributed by atoms with Gasteiger partial charge in [0.2, 0.25) is 0 Å². The fraction of sp³-hybridized carbons (Fsp3) is 0.917. The first-order valence-electron chi connectivity index (χ1n) is 6.07. The highest BCUT2D eigenvalue weighted by atomic mass is 15.2. The maximum absolute atomic E-state index is 4.40. The Morgan fingerprint density at radius 2 is 2.20 bits per heavy atom. The molecular formula is C12H25N3. The summed E-state index contributed by atoms with van der Waals surface area (Å²) in [5.41, 5.74) is 0. The largest absolute Gasteiger partial charge is 0.319 e. The van der Waals surface area contributed by atoms with Gasteiger partial charge < -0.3 is 5.32 Å². The van der Waals surface area contributed by atoms with Gasteiger partial charge in [-0.15, -0.1) is 0 Å². The molecule has 1 aliphatic heterocycles. The van der Waals surface area contributed by atoms with Crippen LogP contribution in [0, 0.1) is 11.8 Å². The zero-order chi connectivity index (χ0) is 11.3.